The second-order valence-electron chi connectivity index (χ2n) is 4.18. The zero-order chi connectivity index (χ0) is 12.6. The highest BCUT2D eigenvalue weighted by atomic mass is 79.9. The maximum atomic E-state index is 6.00. The van der Waals surface area contributed by atoms with E-state index >= 15 is 0 Å². The SMILES string of the molecule is Cc1ccc(-n2nc(C(C)C)c(Br)c2N)nn1. The van der Waals surface area contributed by atoms with Gasteiger partial charge in [-0.3, -0.25) is 0 Å². The Labute approximate surface area is 108 Å². The summed E-state index contributed by atoms with van der Waals surface area (Å²) in [7, 11) is 0. The average Bonchev–Trinajstić information content (AvgIpc) is 2.58. The topological polar surface area (TPSA) is 69.6 Å². The van der Waals surface area contributed by atoms with Gasteiger partial charge in [0.1, 0.15) is 5.82 Å². The van der Waals surface area contributed by atoms with Crippen molar-refractivity contribution in [1.29, 1.82) is 0 Å². The molecule has 0 fully saturated rings. The molecule has 0 spiro atoms. The van der Waals surface area contributed by atoms with Crippen LogP contribution < -0.4 is 5.73 Å². The molecule has 0 aliphatic heterocycles. The smallest absolute Gasteiger partial charge is 0.178 e. The molecule has 0 saturated carbocycles. The molecule has 6 heteroatoms. The molecule has 0 saturated heterocycles. The van der Waals surface area contributed by atoms with E-state index in [0.717, 1.165) is 15.9 Å². The van der Waals surface area contributed by atoms with Crippen LogP contribution in [0.25, 0.3) is 5.82 Å². The third-order valence-electron chi connectivity index (χ3n) is 2.43. The van der Waals surface area contributed by atoms with E-state index < -0.39 is 0 Å². The number of aromatic nitrogens is 4. The molecule has 0 atom stereocenters. The molecule has 17 heavy (non-hydrogen) atoms. The van der Waals surface area contributed by atoms with Crippen molar-refractivity contribution >= 4 is 21.7 Å². The van der Waals surface area contributed by atoms with E-state index in [-0.39, 0.29) is 0 Å². The van der Waals surface area contributed by atoms with Gasteiger partial charge in [0.05, 0.1) is 15.9 Å². The van der Waals surface area contributed by atoms with E-state index in [1.165, 1.54) is 0 Å². The third-order valence-corrected chi connectivity index (χ3v) is 3.25. The maximum absolute atomic E-state index is 6.00. The van der Waals surface area contributed by atoms with Crippen LogP contribution in [-0.4, -0.2) is 20.0 Å². The lowest BCUT2D eigenvalue weighted by atomic mass is 10.1. The minimum atomic E-state index is 0.298. The number of aryl methyl sites for hydroxylation is 1. The highest BCUT2D eigenvalue weighted by molar-refractivity contribution is 9.10. The van der Waals surface area contributed by atoms with Gasteiger partial charge in [0.15, 0.2) is 5.82 Å². The number of nitrogen functional groups attached to an aromatic ring is 1. The fourth-order valence-electron chi connectivity index (χ4n) is 1.48. The predicted molar refractivity (Wildman–Crippen MR) is 70.1 cm³/mol. The number of hydrogen-bond donors (Lipinski definition) is 1. The van der Waals surface area contributed by atoms with Gasteiger partial charge in [-0.1, -0.05) is 13.8 Å². The van der Waals surface area contributed by atoms with Gasteiger partial charge in [0.2, 0.25) is 0 Å². The van der Waals surface area contributed by atoms with Crippen LogP contribution in [0.2, 0.25) is 0 Å². The van der Waals surface area contributed by atoms with Crippen LogP contribution in [0.15, 0.2) is 16.6 Å². The van der Waals surface area contributed by atoms with Crippen LogP contribution in [0.5, 0.6) is 0 Å². The van der Waals surface area contributed by atoms with Gasteiger partial charge < -0.3 is 5.73 Å². The molecule has 0 aliphatic carbocycles. The van der Waals surface area contributed by atoms with Gasteiger partial charge in [-0.2, -0.15) is 14.9 Å². The molecule has 90 valence electrons. The summed E-state index contributed by atoms with van der Waals surface area (Å²) in [6, 6.07) is 3.73. The molecule has 2 heterocycles. The van der Waals surface area contributed by atoms with Gasteiger partial charge in [-0.05, 0) is 40.9 Å². The molecule has 2 aromatic heterocycles. The second kappa shape index (κ2) is 4.44. The van der Waals surface area contributed by atoms with Crippen LogP contribution >= 0.6 is 15.9 Å². The van der Waals surface area contributed by atoms with E-state index in [1.54, 1.807) is 4.68 Å². The largest absolute Gasteiger partial charge is 0.383 e. The standard InChI is InChI=1S/C11H14BrN5/c1-6(2)10-9(12)11(13)17(16-10)8-5-4-7(3)14-15-8/h4-6H,13H2,1-3H3. The Morgan fingerprint density at radius 3 is 2.47 bits per heavy atom. The summed E-state index contributed by atoms with van der Waals surface area (Å²) >= 11 is 3.46. The van der Waals surface area contributed by atoms with Crippen LogP contribution in [0.3, 0.4) is 0 Å². The van der Waals surface area contributed by atoms with Crippen molar-refractivity contribution in [3.05, 3.63) is 28.0 Å². The Kier molecular flexibility index (Phi) is 3.15. The van der Waals surface area contributed by atoms with Crippen molar-refractivity contribution in [1.82, 2.24) is 20.0 Å². The number of nitrogens with two attached hydrogens (primary N) is 1. The van der Waals surface area contributed by atoms with Crippen molar-refractivity contribution < 1.29 is 0 Å². The average molecular weight is 296 g/mol. The summed E-state index contributed by atoms with van der Waals surface area (Å²) in [5.74, 6) is 1.47. The van der Waals surface area contributed by atoms with Gasteiger partial charge in [0, 0.05) is 0 Å². The minimum absolute atomic E-state index is 0.298. The predicted octanol–water partition coefficient (Wildman–Crippen LogP) is 2.44. The first kappa shape index (κ1) is 12.0. The molecule has 2 N–H and O–H groups in total. The molecule has 2 rings (SSSR count). The Morgan fingerprint density at radius 2 is 2.00 bits per heavy atom. The quantitative estimate of drug-likeness (QED) is 0.924. The number of halogens is 1. The van der Waals surface area contributed by atoms with E-state index in [4.69, 9.17) is 5.73 Å². The van der Waals surface area contributed by atoms with Crippen molar-refractivity contribution in [3.8, 4) is 5.82 Å². The highest BCUT2D eigenvalue weighted by Crippen LogP contribution is 2.30. The fraction of sp³-hybridized carbons (Fsp3) is 0.364. The van der Waals surface area contributed by atoms with E-state index in [9.17, 15) is 0 Å². The monoisotopic (exact) mass is 295 g/mol. The Bertz CT molecular complexity index is 530. The zero-order valence-electron chi connectivity index (χ0n) is 9.98. The van der Waals surface area contributed by atoms with Crippen LogP contribution in [0.1, 0.15) is 31.2 Å². The highest BCUT2D eigenvalue weighted by Gasteiger charge is 2.17. The van der Waals surface area contributed by atoms with Crippen LogP contribution in [0, 0.1) is 6.92 Å². The number of nitrogens with zero attached hydrogens (tertiary/aromatic N) is 4. The molecule has 2 aromatic rings. The van der Waals surface area contributed by atoms with Gasteiger partial charge in [0.25, 0.3) is 0 Å². The van der Waals surface area contributed by atoms with E-state index in [1.807, 2.05) is 19.1 Å². The zero-order valence-corrected chi connectivity index (χ0v) is 11.6. The summed E-state index contributed by atoms with van der Waals surface area (Å²) in [6.45, 7) is 6.02. The Morgan fingerprint density at radius 1 is 1.29 bits per heavy atom. The normalized spacial score (nSPS) is 11.1. The van der Waals surface area contributed by atoms with Crippen molar-refractivity contribution in [2.45, 2.75) is 26.7 Å². The minimum Gasteiger partial charge on any atom is -0.383 e. The molecule has 0 unspecified atom stereocenters. The molecule has 0 aliphatic rings. The summed E-state index contributed by atoms with van der Waals surface area (Å²) in [6.07, 6.45) is 0. The summed E-state index contributed by atoms with van der Waals surface area (Å²) < 4.78 is 2.43. The van der Waals surface area contributed by atoms with Gasteiger partial charge >= 0.3 is 0 Å². The Balaban J connectivity index is 2.53. The lowest BCUT2D eigenvalue weighted by molar-refractivity contribution is 0.747. The van der Waals surface area contributed by atoms with E-state index in [2.05, 4.69) is 45.1 Å². The molecular formula is C11H14BrN5. The molecule has 0 radical (unpaired) electrons. The number of anilines is 1. The van der Waals surface area contributed by atoms with Crippen molar-refractivity contribution in [2.75, 3.05) is 5.73 Å². The molecule has 0 amide bonds. The fourth-order valence-corrected chi connectivity index (χ4v) is 2.18. The first-order valence-electron chi connectivity index (χ1n) is 5.35. The molecular weight excluding hydrogens is 282 g/mol. The van der Waals surface area contributed by atoms with Crippen LogP contribution in [-0.2, 0) is 0 Å². The lowest BCUT2D eigenvalue weighted by Gasteiger charge is -2.01. The number of hydrogen-bond acceptors (Lipinski definition) is 4. The third kappa shape index (κ3) is 2.17. The van der Waals surface area contributed by atoms with Crippen LogP contribution in [0.4, 0.5) is 5.82 Å². The lowest BCUT2D eigenvalue weighted by Crippen LogP contribution is -2.05. The summed E-state index contributed by atoms with van der Waals surface area (Å²) in [4.78, 5) is 0. The molecule has 0 bridgehead atoms. The maximum Gasteiger partial charge on any atom is 0.178 e. The summed E-state index contributed by atoms with van der Waals surface area (Å²) in [5, 5.41) is 12.5. The molecule has 0 aromatic carbocycles. The Hall–Kier alpha value is -1.43. The first-order valence-corrected chi connectivity index (χ1v) is 6.14. The van der Waals surface area contributed by atoms with Gasteiger partial charge in [-0.15, -0.1) is 5.10 Å². The van der Waals surface area contributed by atoms with Crippen molar-refractivity contribution in [3.63, 3.8) is 0 Å². The van der Waals surface area contributed by atoms with Crippen molar-refractivity contribution in [2.24, 2.45) is 0 Å². The first-order chi connectivity index (χ1) is 8.00. The number of rotatable bonds is 2. The van der Waals surface area contributed by atoms with E-state index in [0.29, 0.717) is 17.6 Å². The second-order valence-corrected chi connectivity index (χ2v) is 4.98. The summed E-state index contributed by atoms with van der Waals surface area (Å²) in [5.41, 5.74) is 7.78. The molecule has 5 nitrogen and oxygen atoms in total. The van der Waals surface area contributed by atoms with Gasteiger partial charge in [-0.25, -0.2) is 0 Å².